The Kier molecular flexibility index (Phi) is 3.54. The van der Waals surface area contributed by atoms with Gasteiger partial charge in [-0.1, -0.05) is 12.1 Å². The molecule has 0 atom stereocenters. The van der Waals surface area contributed by atoms with E-state index < -0.39 is 0 Å². The van der Waals surface area contributed by atoms with E-state index in [1.807, 2.05) is 13.0 Å². The number of halogens is 1. The van der Waals surface area contributed by atoms with E-state index in [1.54, 1.807) is 30.3 Å². The van der Waals surface area contributed by atoms with Crippen LogP contribution in [0, 0.1) is 18.3 Å². The molecule has 0 aliphatic heterocycles. The highest BCUT2D eigenvalue weighted by Crippen LogP contribution is 2.34. The number of nitrogen functional groups attached to an aromatic ring is 1. The number of anilines is 1. The Balaban J connectivity index is 2.41. The lowest BCUT2D eigenvalue weighted by Crippen LogP contribution is -1.93. The summed E-state index contributed by atoms with van der Waals surface area (Å²) in [6.45, 7) is 1.93. The molecule has 0 bridgehead atoms. The summed E-state index contributed by atoms with van der Waals surface area (Å²) in [4.78, 5) is 0. The molecule has 2 N–H and O–H groups in total. The van der Waals surface area contributed by atoms with Gasteiger partial charge in [0.15, 0.2) is 0 Å². The summed E-state index contributed by atoms with van der Waals surface area (Å²) in [6.07, 6.45) is 0. The number of nitrogens with two attached hydrogens (primary N) is 1. The van der Waals surface area contributed by atoms with Crippen LogP contribution in [0.5, 0.6) is 11.5 Å². The lowest BCUT2D eigenvalue weighted by Gasteiger charge is -2.10. The van der Waals surface area contributed by atoms with Crippen LogP contribution in [0.4, 0.5) is 5.69 Å². The van der Waals surface area contributed by atoms with Crippen LogP contribution in [0.2, 0.25) is 0 Å². The van der Waals surface area contributed by atoms with Crippen molar-refractivity contribution in [1.29, 1.82) is 5.26 Å². The molecule has 0 unspecified atom stereocenters. The van der Waals surface area contributed by atoms with E-state index in [0.717, 1.165) is 5.56 Å². The van der Waals surface area contributed by atoms with E-state index in [2.05, 4.69) is 22.0 Å². The second kappa shape index (κ2) is 5.11. The van der Waals surface area contributed by atoms with Gasteiger partial charge < -0.3 is 10.5 Å². The largest absolute Gasteiger partial charge is 0.455 e. The van der Waals surface area contributed by atoms with Crippen molar-refractivity contribution in [1.82, 2.24) is 0 Å². The minimum absolute atomic E-state index is 0.504. The third-order valence-corrected chi connectivity index (χ3v) is 3.32. The number of benzene rings is 2. The summed E-state index contributed by atoms with van der Waals surface area (Å²) in [5.74, 6) is 1.12. The monoisotopic (exact) mass is 302 g/mol. The van der Waals surface area contributed by atoms with Crippen molar-refractivity contribution < 1.29 is 4.74 Å². The lowest BCUT2D eigenvalue weighted by atomic mass is 10.1. The van der Waals surface area contributed by atoms with Gasteiger partial charge >= 0.3 is 0 Å². The molecule has 0 aromatic heterocycles. The number of hydrogen-bond acceptors (Lipinski definition) is 3. The molecule has 0 fully saturated rings. The minimum atomic E-state index is 0.504. The molecule has 2 aromatic carbocycles. The predicted molar refractivity (Wildman–Crippen MR) is 74.5 cm³/mol. The molecule has 2 rings (SSSR count). The minimum Gasteiger partial charge on any atom is -0.455 e. The lowest BCUT2D eigenvalue weighted by molar-refractivity contribution is 0.478. The molecule has 2 aromatic rings. The number of aryl methyl sites for hydroxylation is 1. The van der Waals surface area contributed by atoms with Crippen LogP contribution in [-0.2, 0) is 0 Å². The summed E-state index contributed by atoms with van der Waals surface area (Å²) in [5.41, 5.74) is 7.90. The highest BCUT2D eigenvalue weighted by atomic mass is 79.9. The van der Waals surface area contributed by atoms with Gasteiger partial charge in [0.1, 0.15) is 17.6 Å². The Morgan fingerprint density at radius 2 is 2.00 bits per heavy atom. The van der Waals surface area contributed by atoms with Crippen molar-refractivity contribution in [3.05, 3.63) is 52.0 Å². The Labute approximate surface area is 114 Å². The molecule has 0 spiro atoms. The third-order valence-electron chi connectivity index (χ3n) is 2.47. The first-order valence-electron chi connectivity index (χ1n) is 5.34. The second-order valence-electron chi connectivity index (χ2n) is 3.87. The van der Waals surface area contributed by atoms with E-state index in [-0.39, 0.29) is 0 Å². The maximum Gasteiger partial charge on any atom is 0.145 e. The van der Waals surface area contributed by atoms with Crippen molar-refractivity contribution in [2.24, 2.45) is 0 Å². The Bertz CT molecular complexity index is 632. The molecule has 18 heavy (non-hydrogen) atoms. The Morgan fingerprint density at radius 1 is 1.22 bits per heavy atom. The average molecular weight is 303 g/mol. The zero-order valence-corrected chi connectivity index (χ0v) is 11.4. The van der Waals surface area contributed by atoms with Gasteiger partial charge in [-0.05, 0) is 52.7 Å². The molecule has 0 radical (unpaired) electrons. The van der Waals surface area contributed by atoms with Gasteiger partial charge in [0.2, 0.25) is 0 Å². The zero-order valence-electron chi connectivity index (χ0n) is 9.77. The van der Waals surface area contributed by atoms with Crippen LogP contribution >= 0.6 is 15.9 Å². The topological polar surface area (TPSA) is 59.0 Å². The van der Waals surface area contributed by atoms with Crippen LogP contribution in [0.1, 0.15) is 11.1 Å². The fourth-order valence-corrected chi connectivity index (χ4v) is 1.89. The second-order valence-corrected chi connectivity index (χ2v) is 4.67. The molecule has 0 aliphatic rings. The third kappa shape index (κ3) is 2.47. The normalized spacial score (nSPS) is 9.83. The number of rotatable bonds is 2. The van der Waals surface area contributed by atoms with Crippen molar-refractivity contribution in [2.45, 2.75) is 6.92 Å². The maximum atomic E-state index is 9.08. The highest BCUT2D eigenvalue weighted by molar-refractivity contribution is 9.10. The van der Waals surface area contributed by atoms with Crippen molar-refractivity contribution in [2.75, 3.05) is 5.73 Å². The summed E-state index contributed by atoms with van der Waals surface area (Å²) in [5, 5.41) is 9.08. The Hall–Kier alpha value is -1.99. The average Bonchev–Trinajstić information content (AvgIpc) is 2.37. The zero-order chi connectivity index (χ0) is 13.1. The van der Waals surface area contributed by atoms with Gasteiger partial charge in [-0.3, -0.25) is 0 Å². The molecule has 90 valence electrons. The highest BCUT2D eigenvalue weighted by Gasteiger charge is 2.09. The van der Waals surface area contributed by atoms with Gasteiger partial charge in [0.25, 0.3) is 0 Å². The first kappa shape index (κ1) is 12.5. The molecule has 0 saturated carbocycles. The smallest absolute Gasteiger partial charge is 0.145 e. The molecular formula is C14H11BrN2O. The number of nitriles is 1. The summed E-state index contributed by atoms with van der Waals surface area (Å²) in [7, 11) is 0. The van der Waals surface area contributed by atoms with E-state index in [1.165, 1.54) is 0 Å². The molecule has 0 saturated heterocycles. The fourth-order valence-electron chi connectivity index (χ4n) is 1.55. The van der Waals surface area contributed by atoms with Gasteiger partial charge in [0.05, 0.1) is 10.0 Å². The predicted octanol–water partition coefficient (Wildman–Crippen LogP) is 4.00. The van der Waals surface area contributed by atoms with Crippen LogP contribution in [-0.4, -0.2) is 0 Å². The molecule has 3 nitrogen and oxygen atoms in total. The SMILES string of the molecule is Cc1ccc(Oc2cccc(N)c2Br)c(C#N)c1. The van der Waals surface area contributed by atoms with Crippen LogP contribution in [0.25, 0.3) is 0 Å². The van der Waals surface area contributed by atoms with Crippen molar-refractivity contribution in [3.63, 3.8) is 0 Å². The first-order chi connectivity index (χ1) is 8.61. The molecule has 0 aliphatic carbocycles. The van der Waals surface area contributed by atoms with Gasteiger partial charge in [-0.2, -0.15) is 5.26 Å². The van der Waals surface area contributed by atoms with Crippen LogP contribution < -0.4 is 10.5 Å². The summed E-state index contributed by atoms with van der Waals surface area (Å²) >= 11 is 3.37. The van der Waals surface area contributed by atoms with Gasteiger partial charge in [-0.15, -0.1) is 0 Å². The number of ether oxygens (including phenoxy) is 1. The number of hydrogen-bond donors (Lipinski definition) is 1. The van der Waals surface area contributed by atoms with Crippen molar-refractivity contribution in [3.8, 4) is 17.6 Å². The van der Waals surface area contributed by atoms with Crippen LogP contribution in [0.15, 0.2) is 40.9 Å². The van der Waals surface area contributed by atoms with E-state index >= 15 is 0 Å². The molecule has 0 amide bonds. The standard InChI is InChI=1S/C14H11BrN2O/c1-9-5-6-12(10(7-9)8-16)18-13-4-2-3-11(17)14(13)15/h2-7H,17H2,1H3. The van der Waals surface area contributed by atoms with Gasteiger partial charge in [0, 0.05) is 5.69 Å². The molecule has 0 heterocycles. The van der Waals surface area contributed by atoms with Gasteiger partial charge in [-0.25, -0.2) is 0 Å². The summed E-state index contributed by atoms with van der Waals surface area (Å²) < 4.78 is 6.41. The molecular weight excluding hydrogens is 292 g/mol. The van der Waals surface area contributed by atoms with Crippen molar-refractivity contribution >= 4 is 21.6 Å². The maximum absolute atomic E-state index is 9.08. The van der Waals surface area contributed by atoms with E-state index in [9.17, 15) is 0 Å². The fraction of sp³-hybridized carbons (Fsp3) is 0.0714. The first-order valence-corrected chi connectivity index (χ1v) is 6.13. The van der Waals surface area contributed by atoms with E-state index in [0.29, 0.717) is 27.2 Å². The number of nitrogens with zero attached hydrogens (tertiary/aromatic N) is 1. The molecule has 4 heteroatoms. The van der Waals surface area contributed by atoms with Crippen LogP contribution in [0.3, 0.4) is 0 Å². The Morgan fingerprint density at radius 3 is 2.72 bits per heavy atom. The quantitative estimate of drug-likeness (QED) is 0.853. The summed E-state index contributed by atoms with van der Waals surface area (Å²) in [6, 6.07) is 13.0. The van der Waals surface area contributed by atoms with E-state index in [4.69, 9.17) is 15.7 Å².